The standard InChI is InChI=1S/C22H31ClN2O4/c1-14(24-21(28)29-22(2,3)4)12-15(13-26)17-10-7-11-18(23)19(17)20(27)25-16-8-5-6-9-16/h7,10-11,13-16H,5-6,8-9,12H2,1-4H3,(H,24,28)(H,25,27)/t14-,15?/m0/s1. The Balaban J connectivity index is 2.13. The summed E-state index contributed by atoms with van der Waals surface area (Å²) in [5, 5.41) is 6.09. The van der Waals surface area contributed by atoms with Gasteiger partial charge in [-0.15, -0.1) is 0 Å². The van der Waals surface area contributed by atoms with Crippen LogP contribution in [0.4, 0.5) is 4.79 Å². The van der Waals surface area contributed by atoms with E-state index in [9.17, 15) is 14.4 Å². The van der Waals surface area contributed by atoms with Gasteiger partial charge in [-0.25, -0.2) is 4.79 Å². The fourth-order valence-corrected chi connectivity index (χ4v) is 3.89. The second-order valence-corrected chi connectivity index (χ2v) is 9.09. The van der Waals surface area contributed by atoms with Crippen LogP contribution in [0.1, 0.15) is 81.6 Å². The molecule has 0 aromatic heterocycles. The fraction of sp³-hybridized carbons (Fsp3) is 0.591. The highest BCUT2D eigenvalue weighted by Crippen LogP contribution is 2.29. The van der Waals surface area contributed by atoms with E-state index < -0.39 is 17.6 Å². The van der Waals surface area contributed by atoms with Crippen molar-refractivity contribution < 1.29 is 19.1 Å². The van der Waals surface area contributed by atoms with Crippen molar-refractivity contribution in [1.82, 2.24) is 10.6 Å². The summed E-state index contributed by atoms with van der Waals surface area (Å²) >= 11 is 6.34. The molecular weight excluding hydrogens is 392 g/mol. The van der Waals surface area contributed by atoms with Gasteiger partial charge in [-0.3, -0.25) is 4.79 Å². The minimum atomic E-state index is -0.605. The lowest BCUT2D eigenvalue weighted by Crippen LogP contribution is -2.38. The lowest BCUT2D eigenvalue weighted by Gasteiger charge is -2.24. The Morgan fingerprint density at radius 1 is 1.28 bits per heavy atom. The lowest BCUT2D eigenvalue weighted by atomic mass is 9.89. The molecule has 0 saturated heterocycles. The third-order valence-corrected chi connectivity index (χ3v) is 5.21. The first-order valence-electron chi connectivity index (χ1n) is 10.1. The number of benzene rings is 1. The highest BCUT2D eigenvalue weighted by Gasteiger charge is 2.26. The Hall–Kier alpha value is -2.08. The molecule has 2 amide bonds. The van der Waals surface area contributed by atoms with Crippen LogP contribution in [0.5, 0.6) is 0 Å². The largest absolute Gasteiger partial charge is 0.444 e. The van der Waals surface area contributed by atoms with E-state index in [1.165, 1.54) is 0 Å². The molecule has 1 unspecified atom stereocenters. The predicted octanol–water partition coefficient (Wildman–Crippen LogP) is 4.60. The van der Waals surface area contributed by atoms with Crippen molar-refractivity contribution in [3.8, 4) is 0 Å². The van der Waals surface area contributed by atoms with Gasteiger partial charge in [-0.05, 0) is 58.6 Å². The fourth-order valence-electron chi connectivity index (χ4n) is 3.62. The first-order chi connectivity index (χ1) is 13.6. The molecule has 0 bridgehead atoms. The van der Waals surface area contributed by atoms with Gasteiger partial charge in [0.05, 0.1) is 10.6 Å². The minimum absolute atomic E-state index is 0.147. The summed E-state index contributed by atoms with van der Waals surface area (Å²) in [5.74, 6) is -0.833. The van der Waals surface area contributed by atoms with E-state index in [4.69, 9.17) is 16.3 Å². The van der Waals surface area contributed by atoms with Crippen molar-refractivity contribution in [2.45, 2.75) is 83.4 Å². The summed E-state index contributed by atoms with van der Waals surface area (Å²) in [4.78, 5) is 36.7. The van der Waals surface area contributed by atoms with Gasteiger partial charge in [-0.2, -0.15) is 0 Å². The minimum Gasteiger partial charge on any atom is -0.444 e. The van der Waals surface area contributed by atoms with Crippen molar-refractivity contribution in [1.29, 1.82) is 0 Å². The first-order valence-corrected chi connectivity index (χ1v) is 10.5. The number of alkyl carbamates (subject to hydrolysis) is 1. The second-order valence-electron chi connectivity index (χ2n) is 8.68. The highest BCUT2D eigenvalue weighted by atomic mass is 35.5. The van der Waals surface area contributed by atoms with Gasteiger partial charge in [0.25, 0.3) is 5.91 Å². The molecule has 7 heteroatoms. The molecule has 1 saturated carbocycles. The molecule has 1 aromatic rings. The number of halogens is 1. The van der Waals surface area contributed by atoms with Gasteiger partial charge in [-0.1, -0.05) is 36.6 Å². The van der Waals surface area contributed by atoms with E-state index in [0.717, 1.165) is 32.0 Å². The molecule has 2 atom stereocenters. The highest BCUT2D eigenvalue weighted by molar-refractivity contribution is 6.34. The van der Waals surface area contributed by atoms with Gasteiger partial charge in [0.1, 0.15) is 11.9 Å². The summed E-state index contributed by atoms with van der Waals surface area (Å²) in [6.45, 7) is 7.15. The van der Waals surface area contributed by atoms with E-state index in [-0.39, 0.29) is 18.0 Å². The quantitative estimate of drug-likeness (QED) is 0.629. The molecule has 0 radical (unpaired) electrons. The number of hydrogen-bond donors (Lipinski definition) is 2. The van der Waals surface area contributed by atoms with Crippen LogP contribution in [0.15, 0.2) is 18.2 Å². The van der Waals surface area contributed by atoms with E-state index in [2.05, 4.69) is 10.6 Å². The Morgan fingerprint density at radius 2 is 1.93 bits per heavy atom. The number of carbonyl (C=O) groups excluding carboxylic acids is 3. The number of hydrogen-bond acceptors (Lipinski definition) is 4. The van der Waals surface area contributed by atoms with E-state index in [0.29, 0.717) is 22.6 Å². The molecule has 1 fully saturated rings. The van der Waals surface area contributed by atoms with Crippen molar-refractivity contribution in [3.05, 3.63) is 34.3 Å². The molecule has 0 spiro atoms. The average Bonchev–Trinajstić information content (AvgIpc) is 3.10. The van der Waals surface area contributed by atoms with Gasteiger partial charge in [0.15, 0.2) is 0 Å². The zero-order chi connectivity index (χ0) is 21.6. The SMILES string of the molecule is C[C@@H](CC(C=O)c1cccc(Cl)c1C(=O)NC1CCCC1)NC(=O)OC(C)(C)C. The van der Waals surface area contributed by atoms with Gasteiger partial charge >= 0.3 is 6.09 Å². The number of nitrogens with one attached hydrogen (secondary N) is 2. The Labute approximate surface area is 177 Å². The number of aldehydes is 1. The van der Waals surface area contributed by atoms with E-state index >= 15 is 0 Å². The molecule has 2 rings (SSSR count). The Bertz CT molecular complexity index is 739. The zero-order valence-electron chi connectivity index (χ0n) is 17.6. The zero-order valence-corrected chi connectivity index (χ0v) is 18.3. The maximum atomic E-state index is 12.9. The van der Waals surface area contributed by atoms with Crippen molar-refractivity contribution >= 4 is 29.9 Å². The Morgan fingerprint density at radius 3 is 2.52 bits per heavy atom. The topological polar surface area (TPSA) is 84.5 Å². The summed E-state index contributed by atoms with van der Waals surface area (Å²) < 4.78 is 5.26. The van der Waals surface area contributed by atoms with Crippen LogP contribution in [-0.4, -0.2) is 36.0 Å². The van der Waals surface area contributed by atoms with Crippen LogP contribution in [0, 0.1) is 0 Å². The number of ether oxygens (including phenoxy) is 1. The number of carbonyl (C=O) groups is 3. The van der Waals surface area contributed by atoms with Crippen LogP contribution >= 0.6 is 11.6 Å². The first kappa shape index (κ1) is 23.2. The monoisotopic (exact) mass is 422 g/mol. The smallest absolute Gasteiger partial charge is 0.407 e. The third kappa shape index (κ3) is 7.03. The normalized spacial score (nSPS) is 16.7. The number of rotatable bonds is 7. The van der Waals surface area contributed by atoms with Gasteiger partial charge in [0, 0.05) is 18.0 Å². The van der Waals surface area contributed by atoms with Crippen LogP contribution in [-0.2, 0) is 9.53 Å². The molecule has 6 nitrogen and oxygen atoms in total. The summed E-state index contributed by atoms with van der Waals surface area (Å²) in [5.41, 5.74) is 0.301. The molecule has 1 aliphatic rings. The van der Waals surface area contributed by atoms with Crippen molar-refractivity contribution in [3.63, 3.8) is 0 Å². The summed E-state index contributed by atoms with van der Waals surface area (Å²) in [6.07, 6.45) is 4.70. The number of amides is 2. The van der Waals surface area contributed by atoms with Crippen molar-refractivity contribution in [2.24, 2.45) is 0 Å². The third-order valence-electron chi connectivity index (χ3n) is 4.90. The van der Waals surface area contributed by atoms with Crippen molar-refractivity contribution in [2.75, 3.05) is 0 Å². The molecule has 2 N–H and O–H groups in total. The summed E-state index contributed by atoms with van der Waals surface area (Å²) in [6, 6.07) is 4.94. The lowest BCUT2D eigenvalue weighted by molar-refractivity contribution is -0.109. The summed E-state index contributed by atoms with van der Waals surface area (Å²) in [7, 11) is 0. The van der Waals surface area contributed by atoms with Gasteiger partial charge < -0.3 is 20.2 Å². The van der Waals surface area contributed by atoms with Crippen LogP contribution in [0.25, 0.3) is 0 Å². The Kier molecular flexibility index (Phi) is 8.08. The molecular formula is C22H31ClN2O4. The predicted molar refractivity (Wildman–Crippen MR) is 113 cm³/mol. The maximum Gasteiger partial charge on any atom is 0.407 e. The molecule has 1 aromatic carbocycles. The molecule has 0 aliphatic heterocycles. The second kappa shape index (κ2) is 10.1. The van der Waals surface area contributed by atoms with E-state index in [1.807, 2.05) is 0 Å². The average molecular weight is 423 g/mol. The van der Waals surface area contributed by atoms with Crippen LogP contribution in [0.3, 0.4) is 0 Å². The maximum absolute atomic E-state index is 12.9. The molecule has 1 aliphatic carbocycles. The van der Waals surface area contributed by atoms with E-state index in [1.54, 1.807) is 45.9 Å². The molecule has 160 valence electrons. The molecule has 0 heterocycles. The van der Waals surface area contributed by atoms with Crippen LogP contribution in [0.2, 0.25) is 5.02 Å². The molecule has 29 heavy (non-hydrogen) atoms. The van der Waals surface area contributed by atoms with Crippen LogP contribution < -0.4 is 10.6 Å². The van der Waals surface area contributed by atoms with Gasteiger partial charge in [0.2, 0.25) is 0 Å².